The zero-order valence-electron chi connectivity index (χ0n) is 16.6. The van der Waals surface area contributed by atoms with Crippen molar-refractivity contribution in [2.24, 2.45) is 5.10 Å². The van der Waals surface area contributed by atoms with Crippen LogP contribution in [-0.2, 0) is 16.1 Å². The number of aromatic nitrogens is 1. The Kier molecular flexibility index (Phi) is 6.18. The first-order valence-electron chi connectivity index (χ1n) is 9.92. The van der Waals surface area contributed by atoms with E-state index in [4.69, 9.17) is 4.74 Å². The molecule has 1 aromatic heterocycles. The van der Waals surface area contributed by atoms with Crippen molar-refractivity contribution in [1.82, 2.24) is 14.9 Å². The second-order valence-electron chi connectivity index (χ2n) is 7.18. The molecule has 30 heavy (non-hydrogen) atoms. The lowest BCUT2D eigenvalue weighted by molar-refractivity contribution is -0.123. The number of carbonyl (C=O) groups is 1. The minimum Gasteiger partial charge on any atom is -0.379 e. The summed E-state index contributed by atoms with van der Waals surface area (Å²) in [5.41, 5.74) is 6.20. The van der Waals surface area contributed by atoms with Crippen LogP contribution in [0.3, 0.4) is 0 Å². The second kappa shape index (κ2) is 9.35. The van der Waals surface area contributed by atoms with E-state index in [2.05, 4.69) is 21.2 Å². The summed E-state index contributed by atoms with van der Waals surface area (Å²) in [6.07, 6.45) is 3.67. The number of morpholine rings is 1. The highest BCUT2D eigenvalue weighted by Gasteiger charge is 2.14. The van der Waals surface area contributed by atoms with Gasteiger partial charge in [-0.2, -0.15) is 10.4 Å². The van der Waals surface area contributed by atoms with Crippen molar-refractivity contribution >= 4 is 23.0 Å². The number of amides is 1. The Morgan fingerprint density at radius 1 is 1.17 bits per heavy atom. The van der Waals surface area contributed by atoms with E-state index in [-0.39, 0.29) is 5.91 Å². The standard InChI is InChI=1S/C23H23N5O2/c24-13-18-5-1-2-6-19(18)15-28-16-20(21-7-3-4-8-22(21)28)14-25-26-23(29)17-27-9-11-30-12-10-27/h1-8,14,16H,9-12,15,17H2,(H,26,29). The predicted octanol–water partition coefficient (Wildman–Crippen LogP) is 2.34. The van der Waals surface area contributed by atoms with Gasteiger partial charge >= 0.3 is 0 Å². The number of nitriles is 1. The smallest absolute Gasteiger partial charge is 0.254 e. The van der Waals surface area contributed by atoms with Crippen LogP contribution in [0.5, 0.6) is 0 Å². The summed E-state index contributed by atoms with van der Waals surface area (Å²) in [7, 11) is 0. The number of hydrazone groups is 1. The van der Waals surface area contributed by atoms with Gasteiger partial charge in [-0.15, -0.1) is 0 Å². The number of rotatable bonds is 6. The van der Waals surface area contributed by atoms with Gasteiger partial charge in [0.05, 0.1) is 37.6 Å². The van der Waals surface area contributed by atoms with Gasteiger partial charge in [0, 0.05) is 42.3 Å². The van der Waals surface area contributed by atoms with Crippen molar-refractivity contribution in [3.63, 3.8) is 0 Å². The van der Waals surface area contributed by atoms with Crippen molar-refractivity contribution < 1.29 is 9.53 Å². The molecule has 1 amide bonds. The van der Waals surface area contributed by atoms with E-state index in [1.165, 1.54) is 0 Å². The molecule has 0 saturated carbocycles. The molecule has 2 heterocycles. The summed E-state index contributed by atoms with van der Waals surface area (Å²) in [6.45, 7) is 3.73. The van der Waals surface area contributed by atoms with Crippen molar-refractivity contribution in [2.45, 2.75) is 6.54 Å². The van der Waals surface area contributed by atoms with E-state index >= 15 is 0 Å². The fourth-order valence-corrected chi connectivity index (χ4v) is 3.63. The lowest BCUT2D eigenvalue weighted by atomic mass is 10.1. The zero-order chi connectivity index (χ0) is 20.8. The summed E-state index contributed by atoms with van der Waals surface area (Å²) in [5.74, 6) is -0.139. The molecule has 3 aromatic rings. The molecular formula is C23H23N5O2. The van der Waals surface area contributed by atoms with Gasteiger partial charge < -0.3 is 9.30 Å². The first-order valence-corrected chi connectivity index (χ1v) is 9.92. The molecule has 0 spiro atoms. The summed E-state index contributed by atoms with van der Waals surface area (Å²) in [5, 5.41) is 14.6. The van der Waals surface area contributed by atoms with E-state index in [0.717, 1.165) is 35.1 Å². The molecule has 4 rings (SSSR count). The minimum atomic E-state index is -0.139. The molecule has 1 aliphatic rings. The van der Waals surface area contributed by atoms with Crippen molar-refractivity contribution in [3.05, 3.63) is 71.4 Å². The molecule has 1 N–H and O–H groups in total. The number of ether oxygens (including phenoxy) is 1. The molecule has 0 unspecified atom stereocenters. The SMILES string of the molecule is N#Cc1ccccc1Cn1cc(C=NNC(=O)CN2CCOCC2)c2ccccc21. The monoisotopic (exact) mass is 401 g/mol. The second-order valence-corrected chi connectivity index (χ2v) is 7.18. The molecule has 152 valence electrons. The third-order valence-corrected chi connectivity index (χ3v) is 5.16. The molecule has 7 heteroatoms. The molecule has 1 saturated heterocycles. The average Bonchev–Trinajstić information content (AvgIpc) is 3.12. The zero-order valence-corrected chi connectivity index (χ0v) is 16.6. The normalized spacial score (nSPS) is 14.8. The van der Waals surface area contributed by atoms with Crippen LogP contribution in [-0.4, -0.2) is 54.4 Å². The van der Waals surface area contributed by atoms with Crippen LogP contribution < -0.4 is 5.43 Å². The molecule has 1 aliphatic heterocycles. The first kappa shape index (κ1) is 19.8. The van der Waals surface area contributed by atoms with Crippen LogP contribution in [0.15, 0.2) is 59.8 Å². The van der Waals surface area contributed by atoms with Crippen molar-refractivity contribution in [1.29, 1.82) is 5.26 Å². The van der Waals surface area contributed by atoms with Crippen LogP contribution in [0.2, 0.25) is 0 Å². The van der Waals surface area contributed by atoms with E-state index in [0.29, 0.717) is 31.9 Å². The molecular weight excluding hydrogens is 378 g/mol. The van der Waals surface area contributed by atoms with Crippen LogP contribution in [0.4, 0.5) is 0 Å². The van der Waals surface area contributed by atoms with Crippen LogP contribution >= 0.6 is 0 Å². The van der Waals surface area contributed by atoms with Gasteiger partial charge in [-0.1, -0.05) is 36.4 Å². The summed E-state index contributed by atoms with van der Waals surface area (Å²) >= 11 is 0. The Morgan fingerprint density at radius 2 is 1.93 bits per heavy atom. The maximum atomic E-state index is 12.1. The maximum Gasteiger partial charge on any atom is 0.254 e. The highest BCUT2D eigenvalue weighted by Crippen LogP contribution is 2.22. The molecule has 2 aromatic carbocycles. The largest absolute Gasteiger partial charge is 0.379 e. The summed E-state index contributed by atoms with van der Waals surface area (Å²) < 4.78 is 7.40. The van der Waals surface area contributed by atoms with Crippen LogP contribution in [0.1, 0.15) is 16.7 Å². The molecule has 0 bridgehead atoms. The molecule has 0 atom stereocenters. The summed E-state index contributed by atoms with van der Waals surface area (Å²) in [6, 6.07) is 17.9. The number of benzene rings is 2. The third kappa shape index (κ3) is 4.57. The molecule has 7 nitrogen and oxygen atoms in total. The van der Waals surface area contributed by atoms with Gasteiger partial charge in [0.1, 0.15) is 0 Å². The lowest BCUT2D eigenvalue weighted by Gasteiger charge is -2.25. The molecule has 0 aliphatic carbocycles. The first-order chi connectivity index (χ1) is 14.7. The number of nitrogens with one attached hydrogen (secondary N) is 1. The number of nitrogens with zero attached hydrogens (tertiary/aromatic N) is 4. The van der Waals surface area contributed by atoms with Crippen LogP contribution in [0, 0.1) is 11.3 Å². The summed E-state index contributed by atoms with van der Waals surface area (Å²) in [4.78, 5) is 14.2. The van der Waals surface area contributed by atoms with Gasteiger partial charge in [-0.3, -0.25) is 9.69 Å². The number of hydrogen-bond donors (Lipinski definition) is 1. The average molecular weight is 401 g/mol. The molecule has 0 radical (unpaired) electrons. The van der Waals surface area contributed by atoms with Gasteiger partial charge in [0.2, 0.25) is 0 Å². The Balaban J connectivity index is 1.50. The van der Waals surface area contributed by atoms with Gasteiger partial charge in [0.25, 0.3) is 5.91 Å². The van der Waals surface area contributed by atoms with Crippen LogP contribution in [0.25, 0.3) is 10.9 Å². The van der Waals surface area contributed by atoms with Gasteiger partial charge in [-0.05, 0) is 17.7 Å². The third-order valence-electron chi connectivity index (χ3n) is 5.16. The number of fused-ring (bicyclic) bond motifs is 1. The van der Waals surface area contributed by atoms with Gasteiger partial charge in [-0.25, -0.2) is 5.43 Å². The van der Waals surface area contributed by atoms with Gasteiger partial charge in [0.15, 0.2) is 0 Å². The Labute approximate surface area is 175 Å². The predicted molar refractivity (Wildman–Crippen MR) is 115 cm³/mol. The Bertz CT molecular complexity index is 1110. The fourth-order valence-electron chi connectivity index (χ4n) is 3.63. The van der Waals surface area contributed by atoms with E-state index in [1.807, 2.05) is 59.6 Å². The minimum absolute atomic E-state index is 0.139. The lowest BCUT2D eigenvalue weighted by Crippen LogP contribution is -2.42. The van der Waals surface area contributed by atoms with Crippen molar-refractivity contribution in [2.75, 3.05) is 32.8 Å². The number of carbonyl (C=O) groups excluding carboxylic acids is 1. The van der Waals surface area contributed by atoms with E-state index in [1.54, 1.807) is 6.21 Å². The Morgan fingerprint density at radius 3 is 2.77 bits per heavy atom. The topological polar surface area (TPSA) is 82.7 Å². The van der Waals surface area contributed by atoms with E-state index in [9.17, 15) is 10.1 Å². The van der Waals surface area contributed by atoms with Crippen molar-refractivity contribution in [3.8, 4) is 6.07 Å². The Hall–Kier alpha value is -3.47. The highest BCUT2D eigenvalue weighted by atomic mass is 16.5. The number of para-hydroxylation sites is 1. The quantitative estimate of drug-likeness (QED) is 0.508. The number of hydrogen-bond acceptors (Lipinski definition) is 5. The maximum absolute atomic E-state index is 12.1. The fraction of sp³-hybridized carbons (Fsp3) is 0.261. The highest BCUT2D eigenvalue weighted by molar-refractivity contribution is 5.99. The van der Waals surface area contributed by atoms with E-state index < -0.39 is 0 Å². The molecule has 1 fully saturated rings.